The molecule has 1 aliphatic rings. The molecule has 0 aliphatic carbocycles. The first-order valence-corrected chi connectivity index (χ1v) is 4.86. The van der Waals surface area contributed by atoms with Crippen LogP contribution in [0.4, 0.5) is 0 Å². The lowest BCUT2D eigenvalue weighted by atomic mass is 10.1. The fourth-order valence-corrected chi connectivity index (χ4v) is 1.44. The summed E-state index contributed by atoms with van der Waals surface area (Å²) in [5.74, 6) is 0.764. The van der Waals surface area contributed by atoms with Gasteiger partial charge in [-0.1, -0.05) is 0 Å². The number of ether oxygens (including phenoxy) is 1. The number of nitrogens with one attached hydrogen (secondary N) is 2. The molecule has 1 heterocycles. The maximum Gasteiger partial charge on any atom is 0.0507 e. The second-order valence-corrected chi connectivity index (χ2v) is 3.39. The van der Waals surface area contributed by atoms with Crippen LogP contribution in [0.3, 0.4) is 0 Å². The lowest BCUT2D eigenvalue weighted by molar-refractivity contribution is 0.185. The Hall–Kier alpha value is -0.120. The Kier molecular flexibility index (Phi) is 5.32. The van der Waals surface area contributed by atoms with Crippen molar-refractivity contribution in [3.63, 3.8) is 0 Å². The van der Waals surface area contributed by atoms with E-state index in [-0.39, 0.29) is 0 Å². The maximum atomic E-state index is 5.28. The Morgan fingerprint density at radius 3 is 3.00 bits per heavy atom. The molecule has 3 heteroatoms. The van der Waals surface area contributed by atoms with E-state index in [1.54, 1.807) is 0 Å². The highest BCUT2D eigenvalue weighted by molar-refractivity contribution is 4.66. The van der Waals surface area contributed by atoms with E-state index in [9.17, 15) is 0 Å². The number of rotatable bonds is 6. The van der Waals surface area contributed by atoms with Gasteiger partial charge in [0.1, 0.15) is 0 Å². The van der Waals surface area contributed by atoms with Gasteiger partial charge in [0.25, 0.3) is 0 Å². The number of hydrogen-bond donors (Lipinski definition) is 2. The molecule has 1 fully saturated rings. The van der Waals surface area contributed by atoms with Gasteiger partial charge >= 0.3 is 0 Å². The average Bonchev–Trinajstić information content (AvgIpc) is 2.57. The summed E-state index contributed by atoms with van der Waals surface area (Å²) in [5, 5.41) is 6.57. The SMILES string of the molecule is CNCCCNCC1CCOC1. The van der Waals surface area contributed by atoms with Crippen molar-refractivity contribution < 1.29 is 4.74 Å². The molecule has 0 aromatic heterocycles. The second-order valence-electron chi connectivity index (χ2n) is 3.39. The van der Waals surface area contributed by atoms with Gasteiger partial charge < -0.3 is 15.4 Å². The van der Waals surface area contributed by atoms with E-state index >= 15 is 0 Å². The molecular formula is C9H20N2O. The molecule has 1 atom stereocenters. The van der Waals surface area contributed by atoms with Crippen LogP contribution in [0.15, 0.2) is 0 Å². The summed E-state index contributed by atoms with van der Waals surface area (Å²) in [5.41, 5.74) is 0. The third kappa shape index (κ3) is 4.04. The van der Waals surface area contributed by atoms with Gasteiger partial charge in [0.15, 0.2) is 0 Å². The Morgan fingerprint density at radius 2 is 2.33 bits per heavy atom. The van der Waals surface area contributed by atoms with Gasteiger partial charge in [-0.2, -0.15) is 0 Å². The van der Waals surface area contributed by atoms with E-state index in [0.717, 1.165) is 38.8 Å². The molecule has 0 spiro atoms. The molecular weight excluding hydrogens is 152 g/mol. The van der Waals surface area contributed by atoms with Crippen molar-refractivity contribution in [3.05, 3.63) is 0 Å². The highest BCUT2D eigenvalue weighted by atomic mass is 16.5. The van der Waals surface area contributed by atoms with Crippen molar-refractivity contribution in [2.75, 3.05) is 39.9 Å². The molecule has 0 aromatic carbocycles. The van der Waals surface area contributed by atoms with Crippen LogP contribution in [-0.2, 0) is 4.74 Å². The van der Waals surface area contributed by atoms with Crippen LogP contribution in [0.25, 0.3) is 0 Å². The van der Waals surface area contributed by atoms with Gasteiger partial charge in [-0.15, -0.1) is 0 Å². The first kappa shape index (κ1) is 9.96. The van der Waals surface area contributed by atoms with Crippen molar-refractivity contribution in [3.8, 4) is 0 Å². The lowest BCUT2D eigenvalue weighted by Gasteiger charge is -2.08. The molecule has 0 amide bonds. The Bertz CT molecular complexity index is 103. The largest absolute Gasteiger partial charge is 0.381 e. The van der Waals surface area contributed by atoms with E-state index < -0.39 is 0 Å². The van der Waals surface area contributed by atoms with Gasteiger partial charge in [-0.25, -0.2) is 0 Å². The second kappa shape index (κ2) is 6.40. The highest BCUT2D eigenvalue weighted by Gasteiger charge is 2.14. The summed E-state index contributed by atoms with van der Waals surface area (Å²) in [4.78, 5) is 0. The molecule has 0 aromatic rings. The van der Waals surface area contributed by atoms with Crippen molar-refractivity contribution in [1.29, 1.82) is 0 Å². The minimum Gasteiger partial charge on any atom is -0.381 e. The zero-order chi connectivity index (χ0) is 8.65. The van der Waals surface area contributed by atoms with Crippen LogP contribution in [0.1, 0.15) is 12.8 Å². The first-order chi connectivity index (χ1) is 5.93. The Morgan fingerprint density at radius 1 is 1.42 bits per heavy atom. The summed E-state index contributed by atoms with van der Waals surface area (Å²) in [7, 11) is 1.99. The van der Waals surface area contributed by atoms with Crippen LogP contribution in [-0.4, -0.2) is 39.9 Å². The minimum absolute atomic E-state index is 0.764. The molecule has 1 aliphatic heterocycles. The van der Waals surface area contributed by atoms with Crippen molar-refractivity contribution >= 4 is 0 Å². The number of hydrogen-bond acceptors (Lipinski definition) is 3. The Labute approximate surface area is 74.9 Å². The monoisotopic (exact) mass is 172 g/mol. The van der Waals surface area contributed by atoms with Crippen LogP contribution in [0.5, 0.6) is 0 Å². The summed E-state index contributed by atoms with van der Waals surface area (Å²) >= 11 is 0. The molecule has 0 saturated carbocycles. The lowest BCUT2D eigenvalue weighted by Crippen LogP contribution is -2.25. The molecule has 1 saturated heterocycles. The van der Waals surface area contributed by atoms with Crippen LogP contribution >= 0.6 is 0 Å². The smallest absolute Gasteiger partial charge is 0.0507 e. The van der Waals surface area contributed by atoms with Crippen LogP contribution < -0.4 is 10.6 Å². The fourth-order valence-electron chi connectivity index (χ4n) is 1.44. The molecule has 1 rings (SSSR count). The van der Waals surface area contributed by atoms with Crippen LogP contribution in [0.2, 0.25) is 0 Å². The summed E-state index contributed by atoms with van der Waals surface area (Å²) < 4.78 is 5.28. The molecule has 12 heavy (non-hydrogen) atoms. The van der Waals surface area contributed by atoms with Gasteiger partial charge in [-0.05, 0) is 38.9 Å². The molecule has 1 unspecified atom stereocenters. The third-order valence-electron chi connectivity index (χ3n) is 2.24. The Balaban J connectivity index is 1.81. The van der Waals surface area contributed by atoms with Crippen molar-refractivity contribution in [1.82, 2.24) is 10.6 Å². The summed E-state index contributed by atoms with van der Waals surface area (Å²) in [6, 6.07) is 0. The topological polar surface area (TPSA) is 33.3 Å². The summed E-state index contributed by atoms with van der Waals surface area (Å²) in [6.45, 7) is 5.27. The first-order valence-electron chi connectivity index (χ1n) is 4.86. The van der Waals surface area contributed by atoms with Gasteiger partial charge in [-0.3, -0.25) is 0 Å². The zero-order valence-electron chi connectivity index (χ0n) is 7.94. The normalized spacial score (nSPS) is 23.2. The predicted octanol–water partition coefficient (Wildman–Crippen LogP) is 0.222. The average molecular weight is 172 g/mol. The fraction of sp³-hybridized carbons (Fsp3) is 1.00. The maximum absolute atomic E-state index is 5.28. The van der Waals surface area contributed by atoms with Crippen molar-refractivity contribution in [2.24, 2.45) is 5.92 Å². The van der Waals surface area contributed by atoms with E-state index in [1.165, 1.54) is 12.8 Å². The summed E-state index contributed by atoms with van der Waals surface area (Å²) in [6.07, 6.45) is 2.45. The molecule has 2 N–H and O–H groups in total. The highest BCUT2D eigenvalue weighted by Crippen LogP contribution is 2.10. The van der Waals surface area contributed by atoms with E-state index in [2.05, 4.69) is 10.6 Å². The van der Waals surface area contributed by atoms with Crippen LogP contribution in [0, 0.1) is 5.92 Å². The van der Waals surface area contributed by atoms with E-state index in [4.69, 9.17) is 4.74 Å². The quantitative estimate of drug-likeness (QED) is 0.562. The molecule has 72 valence electrons. The van der Waals surface area contributed by atoms with E-state index in [0.29, 0.717) is 0 Å². The van der Waals surface area contributed by atoms with E-state index in [1.807, 2.05) is 7.05 Å². The minimum atomic E-state index is 0.764. The molecule has 0 bridgehead atoms. The predicted molar refractivity (Wildman–Crippen MR) is 50.3 cm³/mol. The molecule has 0 radical (unpaired) electrons. The van der Waals surface area contributed by atoms with Gasteiger partial charge in [0.2, 0.25) is 0 Å². The van der Waals surface area contributed by atoms with Gasteiger partial charge in [0.05, 0.1) is 6.61 Å². The van der Waals surface area contributed by atoms with Gasteiger partial charge in [0, 0.05) is 13.2 Å². The standard InChI is InChI=1S/C9H20N2O/c1-10-4-2-5-11-7-9-3-6-12-8-9/h9-11H,2-8H2,1H3. The third-order valence-corrected chi connectivity index (χ3v) is 2.24. The molecule has 3 nitrogen and oxygen atoms in total. The van der Waals surface area contributed by atoms with Crippen molar-refractivity contribution in [2.45, 2.75) is 12.8 Å². The zero-order valence-corrected chi connectivity index (χ0v) is 7.94.